The van der Waals surface area contributed by atoms with Crippen molar-refractivity contribution in [3.63, 3.8) is 0 Å². The summed E-state index contributed by atoms with van der Waals surface area (Å²) in [5.74, 6) is -0.303. The fourth-order valence-electron chi connectivity index (χ4n) is 2.14. The highest BCUT2D eigenvalue weighted by molar-refractivity contribution is 5.94. The van der Waals surface area contributed by atoms with E-state index in [0.29, 0.717) is 24.6 Å². The van der Waals surface area contributed by atoms with E-state index in [1.54, 1.807) is 6.07 Å². The first-order valence-corrected chi connectivity index (χ1v) is 6.94. The summed E-state index contributed by atoms with van der Waals surface area (Å²) in [5.41, 5.74) is 5.85. The molecule has 0 fully saturated rings. The highest BCUT2D eigenvalue weighted by Gasteiger charge is 2.12. The van der Waals surface area contributed by atoms with Gasteiger partial charge in [-0.2, -0.15) is 0 Å². The number of amides is 1. The van der Waals surface area contributed by atoms with Gasteiger partial charge in [-0.15, -0.1) is 0 Å². The normalized spacial score (nSPS) is 12.0. The molecule has 5 heteroatoms. The second kappa shape index (κ2) is 8.53. The van der Waals surface area contributed by atoms with Crippen LogP contribution in [-0.2, 0) is 0 Å². The van der Waals surface area contributed by atoms with E-state index >= 15 is 0 Å². The Morgan fingerprint density at radius 2 is 2.20 bits per heavy atom. The van der Waals surface area contributed by atoms with Crippen molar-refractivity contribution in [2.75, 3.05) is 20.2 Å². The molecule has 0 aromatic heterocycles. The lowest BCUT2D eigenvalue weighted by molar-refractivity contribution is 0.0945. The van der Waals surface area contributed by atoms with Crippen molar-refractivity contribution in [2.24, 2.45) is 11.7 Å². The summed E-state index contributed by atoms with van der Waals surface area (Å²) in [4.78, 5) is 12.0. The molecule has 1 atom stereocenters. The Balaban J connectivity index is 2.59. The van der Waals surface area contributed by atoms with Gasteiger partial charge in [0.2, 0.25) is 0 Å². The lowest BCUT2D eigenvalue weighted by Gasteiger charge is -2.16. The molecule has 0 bridgehead atoms. The van der Waals surface area contributed by atoms with E-state index in [1.165, 1.54) is 19.2 Å². The molecule has 0 saturated heterocycles. The lowest BCUT2D eigenvalue weighted by atomic mass is 10.00. The quantitative estimate of drug-likeness (QED) is 0.769. The molecule has 1 rings (SSSR count). The number of nitrogens with two attached hydrogens (primary N) is 1. The number of carbonyl (C=O) groups excluding carboxylic acids is 1. The zero-order valence-corrected chi connectivity index (χ0v) is 12.1. The predicted molar refractivity (Wildman–Crippen MR) is 77.4 cm³/mol. The average molecular weight is 282 g/mol. The maximum absolute atomic E-state index is 13.5. The van der Waals surface area contributed by atoms with Crippen molar-refractivity contribution < 1.29 is 13.9 Å². The molecule has 112 valence electrons. The summed E-state index contributed by atoms with van der Waals surface area (Å²) in [7, 11) is 1.39. The van der Waals surface area contributed by atoms with Crippen molar-refractivity contribution in [3.8, 4) is 5.75 Å². The molecule has 0 aliphatic rings. The van der Waals surface area contributed by atoms with Gasteiger partial charge in [0.25, 0.3) is 5.91 Å². The SMILES string of the molecule is CCCC(CCN)CNC(=O)c1ccc(OC)c(F)c1. The van der Waals surface area contributed by atoms with Gasteiger partial charge in [-0.05, 0) is 43.5 Å². The van der Waals surface area contributed by atoms with Crippen LogP contribution in [0.25, 0.3) is 0 Å². The summed E-state index contributed by atoms with van der Waals surface area (Å²) in [6.07, 6.45) is 2.96. The van der Waals surface area contributed by atoms with E-state index in [-0.39, 0.29) is 11.7 Å². The molecule has 0 aliphatic carbocycles. The molecule has 1 aromatic carbocycles. The van der Waals surface area contributed by atoms with E-state index in [4.69, 9.17) is 10.5 Å². The highest BCUT2D eigenvalue weighted by atomic mass is 19.1. The third-order valence-corrected chi connectivity index (χ3v) is 3.24. The number of hydrogen-bond donors (Lipinski definition) is 2. The third-order valence-electron chi connectivity index (χ3n) is 3.24. The number of rotatable bonds is 8. The summed E-state index contributed by atoms with van der Waals surface area (Å²) < 4.78 is 18.4. The minimum atomic E-state index is -0.535. The maximum atomic E-state index is 13.5. The fourth-order valence-corrected chi connectivity index (χ4v) is 2.14. The van der Waals surface area contributed by atoms with E-state index in [0.717, 1.165) is 19.3 Å². The summed E-state index contributed by atoms with van der Waals surface area (Å²) in [6, 6.07) is 4.19. The van der Waals surface area contributed by atoms with Crippen LogP contribution in [0.2, 0.25) is 0 Å². The van der Waals surface area contributed by atoms with Crippen LogP contribution < -0.4 is 15.8 Å². The first kappa shape index (κ1) is 16.4. The zero-order valence-electron chi connectivity index (χ0n) is 12.1. The number of hydrogen-bond acceptors (Lipinski definition) is 3. The Bertz CT molecular complexity index is 432. The molecule has 0 radical (unpaired) electrons. The number of ether oxygens (including phenoxy) is 1. The standard InChI is InChI=1S/C15H23FN2O2/c1-3-4-11(7-8-17)10-18-15(19)12-5-6-14(20-2)13(16)9-12/h5-6,9,11H,3-4,7-8,10,17H2,1-2H3,(H,18,19). The van der Waals surface area contributed by atoms with Gasteiger partial charge in [-0.1, -0.05) is 13.3 Å². The molecule has 3 N–H and O–H groups in total. The molecule has 1 amide bonds. The molecular weight excluding hydrogens is 259 g/mol. The van der Waals surface area contributed by atoms with Crippen LogP contribution >= 0.6 is 0 Å². The first-order valence-electron chi connectivity index (χ1n) is 6.94. The first-order chi connectivity index (χ1) is 9.62. The molecule has 20 heavy (non-hydrogen) atoms. The zero-order chi connectivity index (χ0) is 15.0. The second-order valence-corrected chi connectivity index (χ2v) is 4.79. The third kappa shape index (κ3) is 4.81. The predicted octanol–water partition coefficient (Wildman–Crippen LogP) is 2.33. The van der Waals surface area contributed by atoms with Gasteiger partial charge in [-0.3, -0.25) is 4.79 Å². The Morgan fingerprint density at radius 1 is 1.45 bits per heavy atom. The Morgan fingerprint density at radius 3 is 2.75 bits per heavy atom. The van der Waals surface area contributed by atoms with E-state index in [2.05, 4.69) is 12.2 Å². The second-order valence-electron chi connectivity index (χ2n) is 4.79. The van der Waals surface area contributed by atoms with Crippen molar-refractivity contribution in [1.82, 2.24) is 5.32 Å². The van der Waals surface area contributed by atoms with Gasteiger partial charge in [0, 0.05) is 12.1 Å². The van der Waals surface area contributed by atoms with Gasteiger partial charge < -0.3 is 15.8 Å². The van der Waals surface area contributed by atoms with E-state index < -0.39 is 5.82 Å². The molecule has 0 saturated carbocycles. The summed E-state index contributed by atoms with van der Waals surface area (Å²) in [5, 5.41) is 2.83. The van der Waals surface area contributed by atoms with Gasteiger partial charge in [0.15, 0.2) is 11.6 Å². The highest BCUT2D eigenvalue weighted by Crippen LogP contribution is 2.17. The smallest absolute Gasteiger partial charge is 0.251 e. The number of benzene rings is 1. The molecule has 0 aliphatic heterocycles. The molecule has 0 heterocycles. The van der Waals surface area contributed by atoms with Gasteiger partial charge in [0.1, 0.15) is 0 Å². The molecule has 0 spiro atoms. The van der Waals surface area contributed by atoms with Crippen LogP contribution in [-0.4, -0.2) is 26.1 Å². The van der Waals surface area contributed by atoms with Crippen molar-refractivity contribution in [2.45, 2.75) is 26.2 Å². The van der Waals surface area contributed by atoms with Crippen molar-refractivity contribution in [3.05, 3.63) is 29.6 Å². The van der Waals surface area contributed by atoms with Crippen molar-refractivity contribution >= 4 is 5.91 Å². The van der Waals surface area contributed by atoms with Crippen LogP contribution in [0.4, 0.5) is 4.39 Å². The van der Waals surface area contributed by atoms with Crippen LogP contribution in [0.15, 0.2) is 18.2 Å². The fraction of sp³-hybridized carbons (Fsp3) is 0.533. The van der Waals surface area contributed by atoms with E-state index in [1.807, 2.05) is 0 Å². The molecular formula is C15H23FN2O2. The maximum Gasteiger partial charge on any atom is 0.251 e. The van der Waals surface area contributed by atoms with Crippen LogP contribution in [0, 0.1) is 11.7 Å². The number of carbonyl (C=O) groups is 1. The van der Waals surface area contributed by atoms with Crippen LogP contribution in [0.3, 0.4) is 0 Å². The Hall–Kier alpha value is -1.62. The molecule has 1 aromatic rings. The lowest BCUT2D eigenvalue weighted by Crippen LogP contribution is -2.30. The minimum Gasteiger partial charge on any atom is -0.494 e. The average Bonchev–Trinajstić information content (AvgIpc) is 2.44. The largest absolute Gasteiger partial charge is 0.494 e. The Labute approximate surface area is 119 Å². The van der Waals surface area contributed by atoms with Gasteiger partial charge >= 0.3 is 0 Å². The molecule has 4 nitrogen and oxygen atoms in total. The minimum absolute atomic E-state index is 0.133. The van der Waals surface area contributed by atoms with Crippen LogP contribution in [0.1, 0.15) is 36.5 Å². The van der Waals surface area contributed by atoms with Gasteiger partial charge in [-0.25, -0.2) is 4.39 Å². The number of methoxy groups -OCH3 is 1. The van der Waals surface area contributed by atoms with Crippen molar-refractivity contribution in [1.29, 1.82) is 0 Å². The number of nitrogens with one attached hydrogen (secondary N) is 1. The summed E-state index contributed by atoms with van der Waals surface area (Å²) in [6.45, 7) is 3.28. The van der Waals surface area contributed by atoms with Gasteiger partial charge in [0.05, 0.1) is 7.11 Å². The van der Waals surface area contributed by atoms with Crippen LogP contribution in [0.5, 0.6) is 5.75 Å². The number of halogens is 1. The topological polar surface area (TPSA) is 64.3 Å². The van der Waals surface area contributed by atoms with E-state index in [9.17, 15) is 9.18 Å². The Kier molecular flexibility index (Phi) is 7.01. The summed E-state index contributed by atoms with van der Waals surface area (Å²) >= 11 is 0. The monoisotopic (exact) mass is 282 g/mol. The molecule has 1 unspecified atom stereocenters.